The summed E-state index contributed by atoms with van der Waals surface area (Å²) < 4.78 is 2.05. The number of nitrogens with zero attached hydrogens (tertiary/aromatic N) is 3. The summed E-state index contributed by atoms with van der Waals surface area (Å²) in [6.07, 6.45) is 3.53. The zero-order valence-corrected chi connectivity index (χ0v) is 10.7. The van der Waals surface area contributed by atoms with Crippen molar-refractivity contribution < 1.29 is 0 Å². The number of nitrogens with two attached hydrogens (primary N) is 1. The molecular formula is C13H18N4. The maximum Gasteiger partial charge on any atom is 0.132 e. The average molecular weight is 230 g/mol. The maximum atomic E-state index is 6.20. The molecule has 0 aromatic carbocycles. The van der Waals surface area contributed by atoms with Gasteiger partial charge in [0.05, 0.1) is 0 Å². The summed E-state index contributed by atoms with van der Waals surface area (Å²) in [5, 5.41) is 0. The molecule has 4 nitrogen and oxygen atoms in total. The summed E-state index contributed by atoms with van der Waals surface area (Å²) in [4.78, 5) is 8.64. The molecule has 0 amide bonds. The topological polar surface area (TPSA) is 56.7 Å². The van der Waals surface area contributed by atoms with E-state index in [-0.39, 0.29) is 5.54 Å². The van der Waals surface area contributed by atoms with Gasteiger partial charge in [0.1, 0.15) is 17.3 Å². The number of hydrogen-bond acceptors (Lipinski definition) is 3. The van der Waals surface area contributed by atoms with Crippen LogP contribution in [-0.2, 0) is 5.54 Å². The van der Waals surface area contributed by atoms with Gasteiger partial charge in [-0.25, -0.2) is 4.98 Å². The number of imidazole rings is 1. The second-order valence-electron chi connectivity index (χ2n) is 5.14. The molecule has 0 fully saturated rings. The second kappa shape index (κ2) is 3.87. The van der Waals surface area contributed by atoms with E-state index in [0.29, 0.717) is 5.82 Å². The molecule has 0 bridgehead atoms. The molecule has 0 saturated heterocycles. The molecule has 0 unspecified atom stereocenters. The first-order valence-electron chi connectivity index (χ1n) is 5.67. The van der Waals surface area contributed by atoms with E-state index in [0.717, 1.165) is 17.1 Å². The largest absolute Gasteiger partial charge is 0.383 e. The summed E-state index contributed by atoms with van der Waals surface area (Å²) in [7, 11) is 0. The van der Waals surface area contributed by atoms with Gasteiger partial charge in [-0.3, -0.25) is 4.98 Å². The average Bonchev–Trinajstić information content (AvgIpc) is 2.54. The van der Waals surface area contributed by atoms with Crippen LogP contribution in [0.25, 0.3) is 11.3 Å². The molecule has 90 valence electrons. The molecule has 0 aliphatic carbocycles. The fraction of sp³-hybridized carbons (Fsp3) is 0.385. The van der Waals surface area contributed by atoms with Gasteiger partial charge in [-0.2, -0.15) is 0 Å². The van der Waals surface area contributed by atoms with Crippen molar-refractivity contribution in [2.45, 2.75) is 33.2 Å². The first-order chi connectivity index (χ1) is 7.91. The molecule has 0 spiro atoms. The summed E-state index contributed by atoms with van der Waals surface area (Å²) in [5.41, 5.74) is 7.89. The molecular weight excluding hydrogens is 212 g/mol. The number of pyridine rings is 1. The zero-order chi connectivity index (χ0) is 12.6. The van der Waals surface area contributed by atoms with Gasteiger partial charge in [0.25, 0.3) is 0 Å². The first-order valence-corrected chi connectivity index (χ1v) is 5.67. The van der Waals surface area contributed by atoms with E-state index in [2.05, 4.69) is 35.3 Å². The molecule has 0 atom stereocenters. The monoisotopic (exact) mass is 230 g/mol. The number of hydrogen-bond donors (Lipinski definition) is 1. The third kappa shape index (κ3) is 2.02. The van der Waals surface area contributed by atoms with Gasteiger partial charge < -0.3 is 10.3 Å². The Morgan fingerprint density at radius 3 is 2.47 bits per heavy atom. The van der Waals surface area contributed by atoms with Crippen molar-refractivity contribution >= 4 is 5.82 Å². The standard InChI is InChI=1S/C13H18N4/c1-9-16-11(10-6-5-7-15-8-10)12(14)17(9)13(2,3)4/h5-8H,14H2,1-4H3. The fourth-order valence-electron chi connectivity index (χ4n) is 2.11. The van der Waals surface area contributed by atoms with E-state index >= 15 is 0 Å². The van der Waals surface area contributed by atoms with Gasteiger partial charge in [0.15, 0.2) is 0 Å². The Balaban J connectivity index is 2.60. The third-order valence-electron chi connectivity index (χ3n) is 2.69. The number of aromatic nitrogens is 3. The highest BCUT2D eigenvalue weighted by molar-refractivity contribution is 5.70. The van der Waals surface area contributed by atoms with Gasteiger partial charge in [0.2, 0.25) is 0 Å². The Labute approximate surface area is 102 Å². The molecule has 4 heteroatoms. The van der Waals surface area contributed by atoms with Crippen LogP contribution in [0.4, 0.5) is 5.82 Å². The van der Waals surface area contributed by atoms with Crippen molar-refractivity contribution in [3.8, 4) is 11.3 Å². The minimum absolute atomic E-state index is 0.0678. The van der Waals surface area contributed by atoms with E-state index in [1.165, 1.54) is 0 Å². The number of rotatable bonds is 1. The van der Waals surface area contributed by atoms with Gasteiger partial charge in [0, 0.05) is 23.5 Å². The van der Waals surface area contributed by atoms with Crippen molar-refractivity contribution in [3.05, 3.63) is 30.4 Å². The Hall–Kier alpha value is -1.84. The Bertz CT molecular complexity index is 520. The van der Waals surface area contributed by atoms with Crippen LogP contribution in [0.5, 0.6) is 0 Å². The van der Waals surface area contributed by atoms with Gasteiger partial charge in [-0.1, -0.05) is 0 Å². The van der Waals surface area contributed by atoms with Gasteiger partial charge >= 0.3 is 0 Å². The first kappa shape index (κ1) is 11.6. The molecule has 0 saturated carbocycles. The highest BCUT2D eigenvalue weighted by Gasteiger charge is 2.22. The Morgan fingerprint density at radius 2 is 2.00 bits per heavy atom. The normalized spacial score (nSPS) is 11.8. The predicted octanol–water partition coefficient (Wildman–Crippen LogP) is 2.59. The highest BCUT2D eigenvalue weighted by atomic mass is 15.2. The molecule has 0 aliphatic rings. The summed E-state index contributed by atoms with van der Waals surface area (Å²) in [5.74, 6) is 1.62. The van der Waals surface area contributed by atoms with Crippen LogP contribution < -0.4 is 5.73 Å². The predicted molar refractivity (Wildman–Crippen MR) is 69.6 cm³/mol. The summed E-state index contributed by atoms with van der Waals surface area (Å²) >= 11 is 0. The number of nitrogen functional groups attached to an aromatic ring is 1. The molecule has 2 N–H and O–H groups in total. The lowest BCUT2D eigenvalue weighted by molar-refractivity contribution is 0.393. The van der Waals surface area contributed by atoms with E-state index in [1.807, 2.05) is 19.1 Å². The Morgan fingerprint density at radius 1 is 1.29 bits per heavy atom. The van der Waals surface area contributed by atoms with Crippen LogP contribution in [0.2, 0.25) is 0 Å². The molecule has 17 heavy (non-hydrogen) atoms. The molecule has 0 radical (unpaired) electrons. The van der Waals surface area contributed by atoms with Gasteiger partial charge in [-0.15, -0.1) is 0 Å². The van der Waals surface area contributed by atoms with E-state index < -0.39 is 0 Å². The minimum atomic E-state index is -0.0678. The Kier molecular flexibility index (Phi) is 2.65. The summed E-state index contributed by atoms with van der Waals surface area (Å²) in [6, 6.07) is 3.86. The molecule has 0 aliphatic heterocycles. The van der Waals surface area contributed by atoms with Crippen molar-refractivity contribution in [3.63, 3.8) is 0 Å². The molecule has 2 rings (SSSR count). The quantitative estimate of drug-likeness (QED) is 0.819. The van der Waals surface area contributed by atoms with Crippen molar-refractivity contribution in [1.29, 1.82) is 0 Å². The molecule has 2 aromatic rings. The summed E-state index contributed by atoms with van der Waals surface area (Å²) in [6.45, 7) is 8.32. The van der Waals surface area contributed by atoms with Crippen LogP contribution in [0.15, 0.2) is 24.5 Å². The van der Waals surface area contributed by atoms with Crippen LogP contribution in [0.3, 0.4) is 0 Å². The van der Waals surface area contributed by atoms with Crippen molar-refractivity contribution in [2.24, 2.45) is 0 Å². The lowest BCUT2D eigenvalue weighted by atomic mass is 10.1. The SMILES string of the molecule is Cc1nc(-c2cccnc2)c(N)n1C(C)(C)C. The number of anilines is 1. The minimum Gasteiger partial charge on any atom is -0.383 e. The van der Waals surface area contributed by atoms with E-state index in [9.17, 15) is 0 Å². The van der Waals surface area contributed by atoms with Crippen LogP contribution in [0.1, 0.15) is 26.6 Å². The lowest BCUT2D eigenvalue weighted by Gasteiger charge is -2.24. The maximum absolute atomic E-state index is 6.20. The van der Waals surface area contributed by atoms with E-state index in [1.54, 1.807) is 12.4 Å². The van der Waals surface area contributed by atoms with Crippen molar-refractivity contribution in [2.75, 3.05) is 5.73 Å². The number of aryl methyl sites for hydroxylation is 1. The smallest absolute Gasteiger partial charge is 0.132 e. The third-order valence-corrected chi connectivity index (χ3v) is 2.69. The van der Waals surface area contributed by atoms with Crippen LogP contribution in [0, 0.1) is 6.92 Å². The second-order valence-corrected chi connectivity index (χ2v) is 5.14. The van der Waals surface area contributed by atoms with Crippen molar-refractivity contribution in [1.82, 2.24) is 14.5 Å². The lowest BCUT2D eigenvalue weighted by Crippen LogP contribution is -2.24. The highest BCUT2D eigenvalue weighted by Crippen LogP contribution is 2.30. The van der Waals surface area contributed by atoms with Crippen LogP contribution >= 0.6 is 0 Å². The molecule has 2 heterocycles. The van der Waals surface area contributed by atoms with E-state index in [4.69, 9.17) is 5.73 Å². The molecule has 2 aromatic heterocycles. The fourth-order valence-corrected chi connectivity index (χ4v) is 2.11. The zero-order valence-electron chi connectivity index (χ0n) is 10.7. The van der Waals surface area contributed by atoms with Crippen LogP contribution in [-0.4, -0.2) is 14.5 Å². The van der Waals surface area contributed by atoms with Gasteiger partial charge in [-0.05, 0) is 39.8 Å².